The summed E-state index contributed by atoms with van der Waals surface area (Å²) in [5.74, 6) is -0.235. The molecule has 21 heavy (non-hydrogen) atoms. The minimum absolute atomic E-state index is 0.234. The average Bonchev–Trinajstić information content (AvgIpc) is 3.21. The predicted molar refractivity (Wildman–Crippen MR) is 72.0 cm³/mol. The van der Waals surface area contributed by atoms with Crippen LogP contribution in [0.3, 0.4) is 0 Å². The maximum Gasteiger partial charge on any atom is 0.288 e. The standard InChI is InChI=1S/C14H14N4O3/c1-9-8-11(21-18-9)14(5-6-14)13(20)17-16-12(19)10-4-2-3-7-15-10/h2-4,7-8H,5-6H2,1H3,(H,16,19)(H,17,20). The van der Waals surface area contributed by atoms with Crippen LogP contribution in [0.15, 0.2) is 35.0 Å². The molecular formula is C14H14N4O3. The first-order valence-corrected chi connectivity index (χ1v) is 6.57. The lowest BCUT2D eigenvalue weighted by atomic mass is 10.0. The van der Waals surface area contributed by atoms with Crippen molar-refractivity contribution in [1.29, 1.82) is 0 Å². The number of hydrazine groups is 1. The number of hydrogen-bond donors (Lipinski definition) is 2. The molecule has 2 heterocycles. The Balaban J connectivity index is 1.64. The molecule has 0 aromatic carbocycles. The van der Waals surface area contributed by atoms with Crippen LogP contribution in [0.25, 0.3) is 0 Å². The van der Waals surface area contributed by atoms with Gasteiger partial charge in [-0.05, 0) is 31.9 Å². The minimum atomic E-state index is -0.710. The fourth-order valence-corrected chi connectivity index (χ4v) is 2.09. The second kappa shape index (κ2) is 5.01. The number of amides is 2. The third kappa shape index (κ3) is 2.49. The Morgan fingerprint density at radius 3 is 2.67 bits per heavy atom. The Morgan fingerprint density at radius 1 is 1.29 bits per heavy atom. The van der Waals surface area contributed by atoms with Crippen molar-refractivity contribution in [3.63, 3.8) is 0 Å². The van der Waals surface area contributed by atoms with Crippen LogP contribution < -0.4 is 10.9 Å². The molecule has 2 aromatic heterocycles. The van der Waals surface area contributed by atoms with E-state index in [9.17, 15) is 9.59 Å². The van der Waals surface area contributed by atoms with E-state index in [2.05, 4.69) is 21.0 Å². The van der Waals surface area contributed by atoms with Crippen LogP contribution in [0.2, 0.25) is 0 Å². The number of carbonyl (C=O) groups excluding carboxylic acids is 2. The first-order chi connectivity index (χ1) is 10.1. The highest BCUT2D eigenvalue weighted by Crippen LogP contribution is 2.48. The molecule has 2 N–H and O–H groups in total. The number of aromatic nitrogens is 2. The fraction of sp³-hybridized carbons (Fsp3) is 0.286. The van der Waals surface area contributed by atoms with Crippen molar-refractivity contribution in [3.05, 3.63) is 47.6 Å². The van der Waals surface area contributed by atoms with Crippen molar-refractivity contribution in [2.45, 2.75) is 25.2 Å². The van der Waals surface area contributed by atoms with Crippen LogP contribution >= 0.6 is 0 Å². The number of carbonyl (C=O) groups is 2. The van der Waals surface area contributed by atoms with E-state index in [4.69, 9.17) is 4.52 Å². The summed E-state index contributed by atoms with van der Waals surface area (Å²) >= 11 is 0. The van der Waals surface area contributed by atoms with Gasteiger partial charge in [0.25, 0.3) is 11.8 Å². The van der Waals surface area contributed by atoms with Gasteiger partial charge in [-0.15, -0.1) is 0 Å². The van der Waals surface area contributed by atoms with E-state index in [-0.39, 0.29) is 11.6 Å². The molecular weight excluding hydrogens is 272 g/mol. The smallest absolute Gasteiger partial charge is 0.288 e. The summed E-state index contributed by atoms with van der Waals surface area (Å²) in [5, 5.41) is 3.80. The highest BCUT2D eigenvalue weighted by Gasteiger charge is 2.54. The first kappa shape index (κ1) is 13.3. The summed E-state index contributed by atoms with van der Waals surface area (Å²) < 4.78 is 5.17. The molecule has 108 valence electrons. The van der Waals surface area contributed by atoms with Crippen LogP contribution in [0.1, 0.15) is 34.8 Å². The Hall–Kier alpha value is -2.70. The third-order valence-electron chi connectivity index (χ3n) is 3.47. The van der Waals surface area contributed by atoms with E-state index in [0.717, 1.165) is 5.69 Å². The van der Waals surface area contributed by atoms with Crippen molar-refractivity contribution >= 4 is 11.8 Å². The second-order valence-corrected chi connectivity index (χ2v) is 5.04. The predicted octanol–water partition coefficient (Wildman–Crippen LogP) is 0.871. The monoisotopic (exact) mass is 286 g/mol. The number of pyridine rings is 1. The quantitative estimate of drug-likeness (QED) is 0.816. The van der Waals surface area contributed by atoms with Gasteiger partial charge in [0, 0.05) is 12.3 Å². The summed E-state index contributed by atoms with van der Waals surface area (Å²) in [7, 11) is 0. The zero-order valence-electron chi connectivity index (χ0n) is 11.4. The molecule has 0 spiro atoms. The van der Waals surface area contributed by atoms with Crippen LogP contribution in [-0.2, 0) is 10.2 Å². The van der Waals surface area contributed by atoms with Crippen LogP contribution in [0.5, 0.6) is 0 Å². The SMILES string of the molecule is Cc1cc(C2(C(=O)NNC(=O)c3ccccn3)CC2)on1. The Bertz CT molecular complexity index is 677. The van der Waals surface area contributed by atoms with E-state index in [1.165, 1.54) is 6.20 Å². The lowest BCUT2D eigenvalue weighted by molar-refractivity contribution is -0.124. The maximum absolute atomic E-state index is 12.2. The lowest BCUT2D eigenvalue weighted by Crippen LogP contribution is -2.46. The Kier molecular flexibility index (Phi) is 3.17. The van der Waals surface area contributed by atoms with E-state index in [1.54, 1.807) is 31.2 Å². The van der Waals surface area contributed by atoms with Gasteiger partial charge in [-0.25, -0.2) is 0 Å². The molecule has 0 aliphatic heterocycles. The van der Waals surface area contributed by atoms with Crippen molar-refractivity contribution in [2.75, 3.05) is 0 Å². The number of nitrogens with zero attached hydrogens (tertiary/aromatic N) is 2. The first-order valence-electron chi connectivity index (χ1n) is 6.57. The molecule has 1 aliphatic rings. The zero-order chi connectivity index (χ0) is 14.9. The van der Waals surface area contributed by atoms with Gasteiger partial charge in [0.05, 0.1) is 5.69 Å². The average molecular weight is 286 g/mol. The Labute approximate surface area is 120 Å². The molecule has 2 aromatic rings. The molecule has 7 heteroatoms. The van der Waals surface area contributed by atoms with Crippen LogP contribution in [-0.4, -0.2) is 22.0 Å². The number of hydrogen-bond acceptors (Lipinski definition) is 5. The topological polar surface area (TPSA) is 97.1 Å². The zero-order valence-corrected chi connectivity index (χ0v) is 11.4. The molecule has 1 aliphatic carbocycles. The number of aryl methyl sites for hydroxylation is 1. The van der Waals surface area contributed by atoms with Gasteiger partial charge < -0.3 is 4.52 Å². The van der Waals surface area contributed by atoms with E-state index in [0.29, 0.717) is 18.6 Å². The van der Waals surface area contributed by atoms with Crippen molar-refractivity contribution in [1.82, 2.24) is 21.0 Å². The van der Waals surface area contributed by atoms with Gasteiger partial charge in [-0.3, -0.25) is 25.4 Å². The second-order valence-electron chi connectivity index (χ2n) is 5.04. The molecule has 3 rings (SSSR count). The fourth-order valence-electron chi connectivity index (χ4n) is 2.09. The minimum Gasteiger partial charge on any atom is -0.360 e. The molecule has 0 atom stereocenters. The maximum atomic E-state index is 12.2. The molecule has 2 amide bonds. The largest absolute Gasteiger partial charge is 0.360 e. The summed E-state index contributed by atoms with van der Waals surface area (Å²) in [4.78, 5) is 28.0. The normalized spacial score (nSPS) is 15.3. The molecule has 0 unspecified atom stereocenters. The lowest BCUT2D eigenvalue weighted by Gasteiger charge is -2.12. The van der Waals surface area contributed by atoms with E-state index >= 15 is 0 Å². The summed E-state index contributed by atoms with van der Waals surface area (Å²) in [5.41, 5.74) is 5.03. The van der Waals surface area contributed by atoms with E-state index in [1.807, 2.05) is 0 Å². The van der Waals surface area contributed by atoms with Crippen molar-refractivity contribution in [3.8, 4) is 0 Å². The van der Waals surface area contributed by atoms with E-state index < -0.39 is 11.3 Å². The molecule has 0 bridgehead atoms. The van der Waals surface area contributed by atoms with Gasteiger partial charge in [0.2, 0.25) is 0 Å². The van der Waals surface area contributed by atoms with Crippen LogP contribution in [0.4, 0.5) is 0 Å². The van der Waals surface area contributed by atoms with Gasteiger partial charge in [-0.1, -0.05) is 11.2 Å². The van der Waals surface area contributed by atoms with Gasteiger partial charge in [0.1, 0.15) is 11.1 Å². The van der Waals surface area contributed by atoms with Gasteiger partial charge in [-0.2, -0.15) is 0 Å². The summed E-state index contributed by atoms with van der Waals surface area (Å²) in [6.07, 6.45) is 2.86. The molecule has 1 saturated carbocycles. The highest BCUT2D eigenvalue weighted by atomic mass is 16.5. The van der Waals surface area contributed by atoms with Crippen molar-refractivity contribution in [2.24, 2.45) is 0 Å². The number of nitrogens with one attached hydrogen (secondary N) is 2. The molecule has 0 radical (unpaired) electrons. The van der Waals surface area contributed by atoms with Crippen LogP contribution in [0, 0.1) is 6.92 Å². The molecule has 1 fully saturated rings. The van der Waals surface area contributed by atoms with Crippen molar-refractivity contribution < 1.29 is 14.1 Å². The van der Waals surface area contributed by atoms with Gasteiger partial charge >= 0.3 is 0 Å². The molecule has 7 nitrogen and oxygen atoms in total. The third-order valence-corrected chi connectivity index (χ3v) is 3.47. The molecule has 0 saturated heterocycles. The summed E-state index contributed by atoms with van der Waals surface area (Å²) in [6, 6.07) is 6.71. The number of rotatable bonds is 3. The highest BCUT2D eigenvalue weighted by molar-refractivity contribution is 5.96. The van der Waals surface area contributed by atoms with Gasteiger partial charge in [0.15, 0.2) is 5.76 Å². The Morgan fingerprint density at radius 2 is 2.10 bits per heavy atom. The summed E-state index contributed by atoms with van der Waals surface area (Å²) in [6.45, 7) is 1.80.